The first-order chi connectivity index (χ1) is 10.4. The largest absolute Gasteiger partial charge is 0.508 e. The Bertz CT molecular complexity index is 504. The van der Waals surface area contributed by atoms with Gasteiger partial charge in [-0.1, -0.05) is 11.6 Å². The smallest absolute Gasteiger partial charge is 0.414 e. The predicted octanol–water partition coefficient (Wildman–Crippen LogP) is 1.47. The summed E-state index contributed by atoms with van der Waals surface area (Å²) in [7, 11) is 0. The Hall–Kier alpha value is -1.83. The molecule has 2 rings (SSSR count). The minimum absolute atomic E-state index is 0.282. The maximum absolute atomic E-state index is 9.60. The maximum Gasteiger partial charge on any atom is 0.414 e. The molecule has 1 saturated heterocycles. The molecule has 0 aromatic heterocycles. The first-order valence-corrected chi connectivity index (χ1v) is 7.04. The Balaban J connectivity index is 0.000000346. The molecule has 0 amide bonds. The van der Waals surface area contributed by atoms with Gasteiger partial charge in [0.15, 0.2) is 0 Å². The van der Waals surface area contributed by atoms with Gasteiger partial charge < -0.3 is 25.4 Å². The molecule has 8 heteroatoms. The number of nitrogens with one attached hydrogen (secondary N) is 1. The van der Waals surface area contributed by atoms with Gasteiger partial charge in [-0.2, -0.15) is 0 Å². The highest BCUT2D eigenvalue weighted by atomic mass is 35.5. The van der Waals surface area contributed by atoms with E-state index in [1.54, 1.807) is 18.2 Å². The van der Waals surface area contributed by atoms with E-state index in [1.165, 1.54) is 0 Å². The van der Waals surface area contributed by atoms with Crippen LogP contribution < -0.4 is 5.32 Å². The van der Waals surface area contributed by atoms with Crippen LogP contribution in [0.3, 0.4) is 0 Å². The van der Waals surface area contributed by atoms with Crippen LogP contribution in [0.25, 0.3) is 0 Å². The summed E-state index contributed by atoms with van der Waals surface area (Å²) in [5, 5.41) is 28.3. The van der Waals surface area contributed by atoms with Crippen molar-refractivity contribution in [3.63, 3.8) is 0 Å². The maximum atomic E-state index is 9.60. The monoisotopic (exact) mass is 331 g/mol. The van der Waals surface area contributed by atoms with E-state index in [9.17, 15) is 5.11 Å². The normalized spacial score (nSPS) is 16.7. The minimum atomic E-state index is -1.82. The first kappa shape index (κ1) is 18.2. The lowest BCUT2D eigenvalue weighted by Gasteiger charge is -2.11. The van der Waals surface area contributed by atoms with Gasteiger partial charge in [0.05, 0.1) is 6.10 Å². The summed E-state index contributed by atoms with van der Waals surface area (Å²) in [6, 6.07) is 5.07. The van der Waals surface area contributed by atoms with E-state index in [1.807, 2.05) is 0 Å². The summed E-state index contributed by atoms with van der Waals surface area (Å²) in [4.78, 5) is 18.2. The van der Waals surface area contributed by atoms with E-state index in [4.69, 9.17) is 36.1 Å². The fourth-order valence-corrected chi connectivity index (χ4v) is 2.06. The number of ether oxygens (including phenoxy) is 1. The summed E-state index contributed by atoms with van der Waals surface area (Å²) < 4.78 is 5.49. The Morgan fingerprint density at radius 3 is 2.55 bits per heavy atom. The van der Waals surface area contributed by atoms with E-state index in [0.29, 0.717) is 17.7 Å². The van der Waals surface area contributed by atoms with Gasteiger partial charge in [-0.05, 0) is 31.0 Å². The number of halogens is 1. The van der Waals surface area contributed by atoms with Gasteiger partial charge in [0.2, 0.25) is 0 Å². The van der Waals surface area contributed by atoms with Crippen LogP contribution >= 0.6 is 11.6 Å². The molecule has 1 aliphatic heterocycles. The standard InChI is InChI=1S/C12H16ClNO2.C2H2O4/c13-10-3-4-12(15)9(6-10)7-14-8-11-2-1-5-16-11;3-1(4)2(5)6/h3-4,6,11,14-15H,1-2,5,7-8H2;(H,3,4)(H,5,6). The van der Waals surface area contributed by atoms with Crippen LogP contribution in [-0.4, -0.2) is 46.5 Å². The van der Waals surface area contributed by atoms with Crippen molar-refractivity contribution in [3.8, 4) is 5.75 Å². The first-order valence-electron chi connectivity index (χ1n) is 6.66. The lowest BCUT2D eigenvalue weighted by molar-refractivity contribution is -0.159. The number of aromatic hydroxyl groups is 1. The molecule has 1 atom stereocenters. The zero-order chi connectivity index (χ0) is 16.5. The Morgan fingerprint density at radius 1 is 1.32 bits per heavy atom. The summed E-state index contributed by atoms with van der Waals surface area (Å²) in [6.07, 6.45) is 2.59. The molecule has 7 nitrogen and oxygen atoms in total. The molecule has 1 aromatic rings. The number of hydrogen-bond donors (Lipinski definition) is 4. The molecule has 0 aliphatic carbocycles. The third-order valence-corrected chi connectivity index (χ3v) is 3.17. The number of carboxylic acids is 2. The molecule has 1 heterocycles. The highest BCUT2D eigenvalue weighted by Crippen LogP contribution is 2.21. The number of phenols is 1. The van der Waals surface area contributed by atoms with Gasteiger partial charge in [0.25, 0.3) is 0 Å². The molecule has 1 fully saturated rings. The fraction of sp³-hybridized carbons (Fsp3) is 0.429. The third-order valence-electron chi connectivity index (χ3n) is 2.94. The van der Waals surface area contributed by atoms with Crippen molar-refractivity contribution in [1.82, 2.24) is 5.32 Å². The van der Waals surface area contributed by atoms with Crippen LogP contribution in [0.4, 0.5) is 0 Å². The molecule has 4 N–H and O–H groups in total. The van der Waals surface area contributed by atoms with Crippen molar-refractivity contribution in [1.29, 1.82) is 0 Å². The Labute approximate surface area is 132 Å². The lowest BCUT2D eigenvalue weighted by atomic mass is 10.2. The number of carboxylic acid groups (broad SMARTS) is 2. The van der Waals surface area contributed by atoms with Gasteiger partial charge in [0, 0.05) is 30.3 Å². The quantitative estimate of drug-likeness (QED) is 0.617. The van der Waals surface area contributed by atoms with Crippen LogP contribution in [0.2, 0.25) is 5.02 Å². The van der Waals surface area contributed by atoms with E-state index in [2.05, 4.69) is 5.32 Å². The second kappa shape index (κ2) is 9.24. The predicted molar refractivity (Wildman–Crippen MR) is 79.1 cm³/mol. The Kier molecular flexibility index (Phi) is 7.65. The molecule has 1 aromatic carbocycles. The number of carbonyl (C=O) groups is 2. The van der Waals surface area contributed by atoms with E-state index < -0.39 is 11.9 Å². The average Bonchev–Trinajstić information content (AvgIpc) is 2.96. The van der Waals surface area contributed by atoms with Crippen LogP contribution in [0.1, 0.15) is 18.4 Å². The summed E-state index contributed by atoms with van der Waals surface area (Å²) in [5.41, 5.74) is 0.825. The number of hydrogen-bond acceptors (Lipinski definition) is 5. The molecule has 122 valence electrons. The zero-order valence-corrected chi connectivity index (χ0v) is 12.5. The van der Waals surface area contributed by atoms with Gasteiger partial charge in [-0.25, -0.2) is 9.59 Å². The minimum Gasteiger partial charge on any atom is -0.508 e. The number of phenolic OH excluding ortho intramolecular Hbond substituents is 1. The fourth-order valence-electron chi connectivity index (χ4n) is 1.87. The number of rotatable bonds is 4. The van der Waals surface area contributed by atoms with Crippen molar-refractivity contribution in [2.24, 2.45) is 0 Å². The van der Waals surface area contributed by atoms with Gasteiger partial charge >= 0.3 is 11.9 Å². The van der Waals surface area contributed by atoms with Crippen molar-refractivity contribution >= 4 is 23.5 Å². The molecule has 0 bridgehead atoms. The molecule has 22 heavy (non-hydrogen) atoms. The molecule has 0 saturated carbocycles. The second-order valence-electron chi connectivity index (χ2n) is 4.65. The molecule has 0 radical (unpaired) electrons. The number of benzene rings is 1. The second-order valence-corrected chi connectivity index (χ2v) is 5.09. The van der Waals surface area contributed by atoms with Crippen molar-refractivity contribution < 1.29 is 29.6 Å². The SMILES string of the molecule is O=C(O)C(=O)O.Oc1ccc(Cl)cc1CNCC1CCCO1. The average molecular weight is 332 g/mol. The van der Waals surface area contributed by atoms with Crippen molar-refractivity contribution in [2.45, 2.75) is 25.5 Å². The molecule has 0 spiro atoms. The highest BCUT2D eigenvalue weighted by Gasteiger charge is 2.14. The summed E-state index contributed by atoms with van der Waals surface area (Å²) in [5.74, 6) is -3.37. The summed E-state index contributed by atoms with van der Waals surface area (Å²) in [6.45, 7) is 2.31. The van der Waals surface area contributed by atoms with Crippen LogP contribution in [0.15, 0.2) is 18.2 Å². The highest BCUT2D eigenvalue weighted by molar-refractivity contribution is 6.30. The zero-order valence-electron chi connectivity index (χ0n) is 11.8. The molecular weight excluding hydrogens is 314 g/mol. The van der Waals surface area contributed by atoms with Crippen LogP contribution in [-0.2, 0) is 20.9 Å². The van der Waals surface area contributed by atoms with E-state index in [0.717, 1.165) is 31.6 Å². The molecular formula is C14H18ClNO6. The van der Waals surface area contributed by atoms with E-state index >= 15 is 0 Å². The summed E-state index contributed by atoms with van der Waals surface area (Å²) >= 11 is 5.86. The molecule has 1 unspecified atom stereocenters. The van der Waals surface area contributed by atoms with Gasteiger partial charge in [-0.3, -0.25) is 0 Å². The number of aliphatic carboxylic acids is 2. The van der Waals surface area contributed by atoms with Crippen molar-refractivity contribution in [2.75, 3.05) is 13.2 Å². The van der Waals surface area contributed by atoms with Gasteiger partial charge in [-0.15, -0.1) is 0 Å². The van der Waals surface area contributed by atoms with E-state index in [-0.39, 0.29) is 5.75 Å². The third kappa shape index (κ3) is 6.75. The lowest BCUT2D eigenvalue weighted by Crippen LogP contribution is -2.25. The topological polar surface area (TPSA) is 116 Å². The van der Waals surface area contributed by atoms with Crippen LogP contribution in [0, 0.1) is 0 Å². The van der Waals surface area contributed by atoms with Crippen LogP contribution in [0.5, 0.6) is 5.75 Å². The Morgan fingerprint density at radius 2 is 2.00 bits per heavy atom. The molecule has 1 aliphatic rings. The van der Waals surface area contributed by atoms with Gasteiger partial charge in [0.1, 0.15) is 5.75 Å². The van der Waals surface area contributed by atoms with Crippen molar-refractivity contribution in [3.05, 3.63) is 28.8 Å².